The zero-order valence-electron chi connectivity index (χ0n) is 17.3. The molecule has 168 valence electrons. The Kier molecular flexibility index (Phi) is 7.67. The van der Waals surface area contributed by atoms with Crippen LogP contribution in [0.4, 0.5) is 22.6 Å². The minimum Gasteiger partial charge on any atom is -0.453 e. The molecule has 2 fully saturated rings. The van der Waals surface area contributed by atoms with Crippen LogP contribution in [0.2, 0.25) is 0 Å². The second-order valence-corrected chi connectivity index (χ2v) is 7.00. The van der Waals surface area contributed by atoms with Gasteiger partial charge in [0.25, 0.3) is 0 Å². The highest BCUT2D eigenvalue weighted by Crippen LogP contribution is 2.18. The van der Waals surface area contributed by atoms with Gasteiger partial charge in [-0.2, -0.15) is 15.0 Å². The summed E-state index contributed by atoms with van der Waals surface area (Å²) in [7, 11) is 1.37. The molecule has 31 heavy (non-hydrogen) atoms. The molecule has 0 saturated carbocycles. The number of carbonyl (C=O) groups excluding carboxylic acids is 1. The molecule has 13 nitrogen and oxygen atoms in total. The van der Waals surface area contributed by atoms with Crippen LogP contribution in [0, 0.1) is 5.92 Å². The first-order valence-corrected chi connectivity index (χ1v) is 9.86. The Morgan fingerprint density at radius 2 is 1.87 bits per heavy atom. The van der Waals surface area contributed by atoms with Crippen LogP contribution in [-0.2, 0) is 9.47 Å². The number of likely N-dealkylation sites (tertiary alicyclic amines) is 1. The fourth-order valence-electron chi connectivity index (χ4n) is 3.14. The van der Waals surface area contributed by atoms with Crippen molar-refractivity contribution in [1.29, 1.82) is 0 Å². The monoisotopic (exact) mass is 433 g/mol. The molecule has 0 aromatic carbocycles. The average Bonchev–Trinajstić information content (AvgIpc) is 3.29. The molecule has 5 N–H and O–H groups in total. The summed E-state index contributed by atoms with van der Waals surface area (Å²) in [4.78, 5) is 35.0. The van der Waals surface area contributed by atoms with Crippen molar-refractivity contribution >= 4 is 23.9 Å². The summed E-state index contributed by atoms with van der Waals surface area (Å²) in [5.74, 6) is 1.57. The molecule has 2 aromatic rings. The molecular weight excluding hydrogens is 406 g/mol. The number of amides is 1. The molecule has 1 atom stereocenters. The number of nitrogen functional groups attached to an aromatic ring is 2. The van der Waals surface area contributed by atoms with Crippen molar-refractivity contribution in [1.82, 2.24) is 29.8 Å². The molecule has 0 aliphatic carbocycles. The minimum atomic E-state index is -0.291. The third-order valence-electron chi connectivity index (χ3n) is 4.84. The summed E-state index contributed by atoms with van der Waals surface area (Å²) in [6, 6.07) is 0. The lowest BCUT2D eigenvalue weighted by molar-refractivity contribution is 0.122. The van der Waals surface area contributed by atoms with E-state index in [1.54, 1.807) is 17.3 Å². The summed E-state index contributed by atoms with van der Waals surface area (Å²) in [5.41, 5.74) is 11.8. The van der Waals surface area contributed by atoms with Gasteiger partial charge in [-0.25, -0.2) is 14.8 Å². The van der Waals surface area contributed by atoms with E-state index in [4.69, 9.17) is 21.3 Å². The third-order valence-corrected chi connectivity index (χ3v) is 4.84. The number of aromatic nitrogens is 5. The molecule has 13 heteroatoms. The number of ether oxygens (including phenoxy) is 2. The van der Waals surface area contributed by atoms with E-state index in [0.29, 0.717) is 43.6 Å². The number of hydrogen-bond donors (Lipinski definition) is 3. The number of methoxy groups -OCH3 is 1. The lowest BCUT2D eigenvalue weighted by Gasteiger charge is -2.26. The van der Waals surface area contributed by atoms with Gasteiger partial charge in [-0.15, -0.1) is 0 Å². The Bertz CT molecular complexity index is 862. The molecule has 4 heterocycles. The fourth-order valence-corrected chi connectivity index (χ4v) is 3.14. The minimum absolute atomic E-state index is 0.160. The lowest BCUT2D eigenvalue weighted by atomic mass is 10.1. The summed E-state index contributed by atoms with van der Waals surface area (Å²) >= 11 is 0. The Hall–Kier alpha value is -3.32. The predicted molar refractivity (Wildman–Crippen MR) is 112 cm³/mol. The highest BCUT2D eigenvalue weighted by molar-refractivity contribution is 5.67. The molecular formula is C18H27N9O4. The van der Waals surface area contributed by atoms with E-state index >= 15 is 0 Å². The first kappa shape index (κ1) is 22.4. The maximum Gasteiger partial charge on any atom is 0.409 e. The second kappa shape index (κ2) is 10.6. The van der Waals surface area contributed by atoms with E-state index < -0.39 is 0 Å². The molecule has 2 aliphatic heterocycles. The van der Waals surface area contributed by atoms with Gasteiger partial charge in [-0.1, -0.05) is 0 Å². The van der Waals surface area contributed by atoms with Crippen LogP contribution in [0.25, 0.3) is 11.4 Å². The molecule has 2 aromatic heterocycles. The van der Waals surface area contributed by atoms with E-state index in [-0.39, 0.29) is 30.5 Å². The Balaban J connectivity index is 0.000000210. The summed E-state index contributed by atoms with van der Waals surface area (Å²) in [6.45, 7) is 4.23. The van der Waals surface area contributed by atoms with Crippen LogP contribution in [0.5, 0.6) is 0 Å². The van der Waals surface area contributed by atoms with Crippen LogP contribution >= 0.6 is 0 Å². The topological polar surface area (TPSA) is 179 Å². The number of anilines is 3. The molecule has 0 bridgehead atoms. The quantitative estimate of drug-likeness (QED) is 0.560. The molecule has 2 aliphatic rings. The maximum absolute atomic E-state index is 10.9. The van der Waals surface area contributed by atoms with Crippen molar-refractivity contribution in [3.05, 3.63) is 12.4 Å². The van der Waals surface area contributed by atoms with Crippen LogP contribution < -0.4 is 16.4 Å². The van der Waals surface area contributed by atoms with E-state index in [9.17, 15) is 4.79 Å². The van der Waals surface area contributed by atoms with E-state index in [0.717, 1.165) is 19.5 Å². The van der Waals surface area contributed by atoms with Gasteiger partial charge in [0.2, 0.25) is 17.8 Å². The van der Waals surface area contributed by atoms with Crippen molar-refractivity contribution in [3.63, 3.8) is 0 Å². The first-order chi connectivity index (χ1) is 15.0. The summed E-state index contributed by atoms with van der Waals surface area (Å²) < 4.78 is 9.83. The normalized spacial score (nSPS) is 18.3. The van der Waals surface area contributed by atoms with Crippen LogP contribution in [0.3, 0.4) is 0 Å². The number of aliphatic hydroxyl groups excluding tert-OH is 1. The van der Waals surface area contributed by atoms with Gasteiger partial charge < -0.3 is 35.8 Å². The molecule has 1 amide bonds. The van der Waals surface area contributed by atoms with Gasteiger partial charge in [0.15, 0.2) is 5.82 Å². The zero-order valence-corrected chi connectivity index (χ0v) is 17.3. The maximum atomic E-state index is 10.9. The first-order valence-electron chi connectivity index (χ1n) is 9.86. The van der Waals surface area contributed by atoms with E-state index in [1.807, 2.05) is 4.90 Å². The molecule has 4 rings (SSSR count). The van der Waals surface area contributed by atoms with Crippen LogP contribution in [-0.4, -0.2) is 94.1 Å². The number of morpholine rings is 1. The Morgan fingerprint density at radius 3 is 2.48 bits per heavy atom. The standard InChI is InChI=1S/C11H14N8O.C7H13NO3/c12-9-14-5-7(6-15-9)8-16-10(13)18-11(17-8)19-1-3-20-4-2-19;1-11-7(10)8-3-2-6(4-8)5-9/h5-6H,1-4H2,(H2,12,14,15)(H2,13,16,17,18);6,9H,2-5H2,1H3/t;6-/m.1/s1. The van der Waals surface area contributed by atoms with Gasteiger partial charge in [0.1, 0.15) is 0 Å². The van der Waals surface area contributed by atoms with Crippen molar-refractivity contribution in [2.24, 2.45) is 5.92 Å². The largest absolute Gasteiger partial charge is 0.453 e. The molecule has 0 spiro atoms. The number of rotatable bonds is 3. The SMILES string of the molecule is COC(=O)N1CC[C@@H](CO)C1.Nc1ncc(-c2nc(N)nc(N3CCOCC3)n2)cn1. The van der Waals surface area contributed by atoms with Crippen molar-refractivity contribution in [2.75, 3.05) is 69.5 Å². The lowest BCUT2D eigenvalue weighted by Crippen LogP contribution is -2.37. The van der Waals surface area contributed by atoms with Crippen LogP contribution in [0.15, 0.2) is 12.4 Å². The van der Waals surface area contributed by atoms with Gasteiger partial charge in [-0.3, -0.25) is 0 Å². The molecule has 0 unspecified atom stereocenters. The van der Waals surface area contributed by atoms with Crippen molar-refractivity contribution in [3.8, 4) is 11.4 Å². The third kappa shape index (κ3) is 6.08. The van der Waals surface area contributed by atoms with Crippen LogP contribution in [0.1, 0.15) is 6.42 Å². The summed E-state index contributed by atoms with van der Waals surface area (Å²) in [6.07, 6.45) is 3.70. The highest BCUT2D eigenvalue weighted by Gasteiger charge is 2.25. The molecule has 0 radical (unpaired) electrons. The van der Waals surface area contributed by atoms with E-state index in [2.05, 4.69) is 29.7 Å². The number of aliphatic hydroxyl groups is 1. The predicted octanol–water partition coefficient (Wildman–Crippen LogP) is -0.603. The average molecular weight is 433 g/mol. The zero-order chi connectivity index (χ0) is 22.2. The summed E-state index contributed by atoms with van der Waals surface area (Å²) in [5, 5.41) is 8.76. The Labute approximate surface area is 179 Å². The fraction of sp³-hybridized carbons (Fsp3) is 0.556. The number of carbonyl (C=O) groups is 1. The smallest absolute Gasteiger partial charge is 0.409 e. The number of nitrogens with two attached hydrogens (primary N) is 2. The second-order valence-electron chi connectivity index (χ2n) is 7.00. The molecule has 2 saturated heterocycles. The van der Waals surface area contributed by atoms with Gasteiger partial charge in [0, 0.05) is 51.1 Å². The van der Waals surface area contributed by atoms with Gasteiger partial charge >= 0.3 is 6.09 Å². The highest BCUT2D eigenvalue weighted by atomic mass is 16.5. The van der Waals surface area contributed by atoms with E-state index in [1.165, 1.54) is 7.11 Å². The number of hydrogen-bond acceptors (Lipinski definition) is 12. The Morgan fingerprint density at radius 1 is 1.16 bits per heavy atom. The van der Waals surface area contributed by atoms with Gasteiger partial charge in [-0.05, 0) is 6.42 Å². The number of nitrogens with zero attached hydrogens (tertiary/aromatic N) is 7. The van der Waals surface area contributed by atoms with Crippen molar-refractivity contribution in [2.45, 2.75) is 6.42 Å². The van der Waals surface area contributed by atoms with Gasteiger partial charge in [0.05, 0.1) is 25.9 Å². The van der Waals surface area contributed by atoms with Crippen molar-refractivity contribution < 1.29 is 19.4 Å².